The van der Waals surface area contributed by atoms with E-state index in [0.717, 1.165) is 26.2 Å². The summed E-state index contributed by atoms with van der Waals surface area (Å²) in [5.74, 6) is 0. The van der Waals surface area contributed by atoms with Crippen molar-refractivity contribution in [2.75, 3.05) is 39.4 Å². The van der Waals surface area contributed by atoms with Gasteiger partial charge in [-0.25, -0.2) is 0 Å². The van der Waals surface area contributed by atoms with Gasteiger partial charge in [0.15, 0.2) is 0 Å². The lowest BCUT2D eigenvalue weighted by Crippen LogP contribution is -2.45. The van der Waals surface area contributed by atoms with Gasteiger partial charge in [-0.15, -0.1) is 0 Å². The fourth-order valence-electron chi connectivity index (χ4n) is 2.21. The minimum absolute atomic E-state index is 0.337. The Morgan fingerprint density at radius 2 is 2.06 bits per heavy atom. The monoisotopic (exact) mass is 230 g/mol. The Morgan fingerprint density at radius 1 is 1.38 bits per heavy atom. The van der Waals surface area contributed by atoms with Crippen LogP contribution in [-0.4, -0.2) is 61.5 Å². The molecule has 0 aromatic rings. The molecule has 0 amide bonds. The molecule has 16 heavy (non-hydrogen) atoms. The summed E-state index contributed by atoms with van der Waals surface area (Å²) in [5.41, 5.74) is 0. The highest BCUT2D eigenvalue weighted by Gasteiger charge is 2.20. The molecule has 0 aromatic carbocycles. The van der Waals surface area contributed by atoms with Gasteiger partial charge in [0.2, 0.25) is 0 Å². The Morgan fingerprint density at radius 3 is 2.62 bits per heavy atom. The summed E-state index contributed by atoms with van der Waals surface area (Å²) in [5, 5.41) is 13.2. The van der Waals surface area contributed by atoms with E-state index in [1.165, 1.54) is 12.8 Å². The lowest BCUT2D eigenvalue weighted by atomic mass is 10.0. The predicted octanol–water partition coefficient (Wildman–Crippen LogP) is 0.458. The van der Waals surface area contributed by atoms with Crippen molar-refractivity contribution in [1.29, 1.82) is 0 Å². The molecule has 1 unspecified atom stereocenters. The molecule has 0 spiro atoms. The van der Waals surface area contributed by atoms with Crippen molar-refractivity contribution in [3.05, 3.63) is 0 Å². The smallest absolute Gasteiger partial charge is 0.0900 e. The number of hydrogen-bond donors (Lipinski definition) is 2. The molecule has 1 heterocycles. The maximum absolute atomic E-state index is 9.72. The van der Waals surface area contributed by atoms with Crippen LogP contribution >= 0.6 is 0 Å². The van der Waals surface area contributed by atoms with Crippen LogP contribution in [0.5, 0.6) is 0 Å². The van der Waals surface area contributed by atoms with E-state index in [-0.39, 0.29) is 6.10 Å². The standard InChI is InChI=1S/C12H26N2O2/c1-3-13-11-5-7-14(8-6-11)9-12(15)10-16-4-2/h11-13,15H,3-10H2,1-2H3. The van der Waals surface area contributed by atoms with Crippen LogP contribution in [0.1, 0.15) is 26.7 Å². The van der Waals surface area contributed by atoms with Crippen molar-refractivity contribution < 1.29 is 9.84 Å². The zero-order chi connectivity index (χ0) is 11.8. The van der Waals surface area contributed by atoms with Gasteiger partial charge in [0.1, 0.15) is 0 Å². The fourth-order valence-corrected chi connectivity index (χ4v) is 2.21. The maximum atomic E-state index is 9.72. The second-order valence-electron chi connectivity index (χ2n) is 4.45. The summed E-state index contributed by atoms with van der Waals surface area (Å²) < 4.78 is 5.21. The highest BCUT2D eigenvalue weighted by molar-refractivity contribution is 4.77. The molecule has 0 aliphatic carbocycles. The zero-order valence-corrected chi connectivity index (χ0v) is 10.6. The number of likely N-dealkylation sites (tertiary alicyclic amines) is 1. The molecule has 1 aliphatic rings. The molecule has 0 saturated carbocycles. The lowest BCUT2D eigenvalue weighted by molar-refractivity contribution is 0.0161. The SMILES string of the molecule is CCNC1CCN(CC(O)COCC)CC1. The number of nitrogens with zero attached hydrogens (tertiary/aromatic N) is 1. The van der Waals surface area contributed by atoms with E-state index in [2.05, 4.69) is 17.1 Å². The number of aliphatic hydroxyl groups excluding tert-OH is 1. The summed E-state index contributed by atoms with van der Waals surface area (Å²) in [6, 6.07) is 0.672. The second kappa shape index (κ2) is 8.01. The molecular formula is C12H26N2O2. The van der Waals surface area contributed by atoms with Crippen molar-refractivity contribution in [2.45, 2.75) is 38.8 Å². The number of hydrogen-bond acceptors (Lipinski definition) is 4. The van der Waals surface area contributed by atoms with Crippen LogP contribution in [0.3, 0.4) is 0 Å². The van der Waals surface area contributed by atoms with Gasteiger partial charge >= 0.3 is 0 Å². The first-order valence-corrected chi connectivity index (χ1v) is 6.47. The lowest BCUT2D eigenvalue weighted by Gasteiger charge is -2.33. The molecule has 0 bridgehead atoms. The summed E-state index contributed by atoms with van der Waals surface area (Å²) in [6.07, 6.45) is 2.04. The van der Waals surface area contributed by atoms with Gasteiger partial charge in [-0.05, 0) is 39.4 Å². The Hall–Kier alpha value is -0.160. The van der Waals surface area contributed by atoms with Crippen LogP contribution < -0.4 is 5.32 Å². The largest absolute Gasteiger partial charge is 0.389 e. The molecule has 1 fully saturated rings. The Balaban J connectivity index is 2.11. The minimum atomic E-state index is -0.337. The third-order valence-electron chi connectivity index (χ3n) is 3.06. The van der Waals surface area contributed by atoms with Crippen LogP contribution in [0.2, 0.25) is 0 Å². The number of piperidine rings is 1. The molecule has 4 nitrogen and oxygen atoms in total. The maximum Gasteiger partial charge on any atom is 0.0900 e. The average molecular weight is 230 g/mol. The average Bonchev–Trinajstić information content (AvgIpc) is 2.29. The third kappa shape index (κ3) is 5.25. The number of ether oxygens (including phenoxy) is 1. The predicted molar refractivity (Wildman–Crippen MR) is 65.6 cm³/mol. The first-order valence-electron chi connectivity index (χ1n) is 6.47. The molecule has 4 heteroatoms. The molecule has 2 N–H and O–H groups in total. The second-order valence-corrected chi connectivity index (χ2v) is 4.45. The number of nitrogens with one attached hydrogen (secondary N) is 1. The van der Waals surface area contributed by atoms with Crippen LogP contribution in [0.4, 0.5) is 0 Å². The minimum Gasteiger partial charge on any atom is -0.389 e. The fraction of sp³-hybridized carbons (Fsp3) is 1.00. The van der Waals surface area contributed by atoms with Gasteiger partial charge in [-0.1, -0.05) is 6.92 Å². The molecule has 1 atom stereocenters. The van der Waals surface area contributed by atoms with Crippen LogP contribution in [0.15, 0.2) is 0 Å². The van der Waals surface area contributed by atoms with E-state index < -0.39 is 0 Å². The molecule has 1 rings (SSSR count). The highest BCUT2D eigenvalue weighted by Crippen LogP contribution is 2.10. The van der Waals surface area contributed by atoms with Crippen LogP contribution in [-0.2, 0) is 4.74 Å². The van der Waals surface area contributed by atoms with E-state index in [9.17, 15) is 5.11 Å². The highest BCUT2D eigenvalue weighted by atomic mass is 16.5. The van der Waals surface area contributed by atoms with Crippen LogP contribution in [0.25, 0.3) is 0 Å². The van der Waals surface area contributed by atoms with Crippen molar-refractivity contribution >= 4 is 0 Å². The summed E-state index contributed by atoms with van der Waals surface area (Å²) in [4.78, 5) is 2.33. The first kappa shape index (κ1) is 13.9. The van der Waals surface area contributed by atoms with E-state index in [1.54, 1.807) is 0 Å². The normalized spacial score (nSPS) is 21.2. The van der Waals surface area contributed by atoms with Gasteiger partial charge < -0.3 is 20.1 Å². The van der Waals surface area contributed by atoms with Gasteiger partial charge in [0.05, 0.1) is 12.7 Å². The van der Waals surface area contributed by atoms with Crippen molar-refractivity contribution in [1.82, 2.24) is 10.2 Å². The Kier molecular flexibility index (Phi) is 6.96. The number of aliphatic hydroxyl groups is 1. The Labute approximate surface area is 99.0 Å². The zero-order valence-electron chi connectivity index (χ0n) is 10.6. The van der Waals surface area contributed by atoms with E-state index in [1.807, 2.05) is 6.92 Å². The topological polar surface area (TPSA) is 44.7 Å². The van der Waals surface area contributed by atoms with Gasteiger partial charge in [-0.3, -0.25) is 0 Å². The van der Waals surface area contributed by atoms with Crippen molar-refractivity contribution in [2.24, 2.45) is 0 Å². The summed E-state index contributed by atoms with van der Waals surface area (Å²) >= 11 is 0. The molecule has 1 aliphatic heterocycles. The van der Waals surface area contributed by atoms with E-state index >= 15 is 0 Å². The molecule has 0 radical (unpaired) electrons. The summed E-state index contributed by atoms with van der Waals surface area (Å²) in [7, 11) is 0. The van der Waals surface area contributed by atoms with E-state index in [4.69, 9.17) is 4.74 Å². The molecular weight excluding hydrogens is 204 g/mol. The number of β-amino-alcohol motifs (C(OH)–C–C–N with tert-alkyl or cyclic N) is 1. The van der Waals surface area contributed by atoms with Gasteiger partial charge in [0.25, 0.3) is 0 Å². The van der Waals surface area contributed by atoms with Crippen molar-refractivity contribution in [3.8, 4) is 0 Å². The number of rotatable bonds is 7. The quantitative estimate of drug-likeness (QED) is 0.667. The first-order chi connectivity index (χ1) is 7.76. The van der Waals surface area contributed by atoms with Crippen molar-refractivity contribution in [3.63, 3.8) is 0 Å². The van der Waals surface area contributed by atoms with E-state index in [0.29, 0.717) is 19.3 Å². The molecule has 0 aromatic heterocycles. The third-order valence-corrected chi connectivity index (χ3v) is 3.06. The molecule has 1 saturated heterocycles. The van der Waals surface area contributed by atoms with Gasteiger partial charge in [-0.2, -0.15) is 0 Å². The molecule has 96 valence electrons. The van der Waals surface area contributed by atoms with Crippen LogP contribution in [0, 0.1) is 0 Å². The summed E-state index contributed by atoms with van der Waals surface area (Å²) in [6.45, 7) is 9.22. The van der Waals surface area contributed by atoms with Gasteiger partial charge in [0, 0.05) is 19.2 Å². The Bertz CT molecular complexity index is 170.